The Kier molecular flexibility index (Phi) is 7.78. The zero-order chi connectivity index (χ0) is 22.6. The summed E-state index contributed by atoms with van der Waals surface area (Å²) in [6.45, 7) is 7.00. The van der Waals surface area contributed by atoms with Gasteiger partial charge in [-0.1, -0.05) is 22.9 Å². The molecule has 0 radical (unpaired) electrons. The highest BCUT2D eigenvalue weighted by molar-refractivity contribution is 9.10. The second-order valence-corrected chi connectivity index (χ2v) is 10.6. The summed E-state index contributed by atoms with van der Waals surface area (Å²) in [5.74, 6) is 0.111. The van der Waals surface area contributed by atoms with Crippen LogP contribution in [0.4, 0.5) is 5.69 Å². The largest absolute Gasteiger partial charge is 0.494 e. The fourth-order valence-electron chi connectivity index (χ4n) is 3.89. The Hall–Kier alpha value is -1.90. The average molecular weight is 509 g/mol. The SMILES string of the molecule is CCOc1ccc(S(=O)(=O)N2CCCC(C(=O)Nc3c(C)cc(Br)cc3CC)C2)cc1. The summed E-state index contributed by atoms with van der Waals surface area (Å²) in [7, 11) is -3.67. The van der Waals surface area contributed by atoms with E-state index in [-0.39, 0.29) is 23.3 Å². The topological polar surface area (TPSA) is 75.7 Å². The fourth-order valence-corrected chi connectivity index (χ4v) is 6.04. The second kappa shape index (κ2) is 10.1. The normalized spacial score (nSPS) is 17.4. The maximum Gasteiger partial charge on any atom is 0.243 e. The third-order valence-electron chi connectivity index (χ3n) is 5.54. The van der Waals surface area contributed by atoms with Gasteiger partial charge in [-0.15, -0.1) is 0 Å². The molecule has 2 aromatic rings. The highest BCUT2D eigenvalue weighted by Crippen LogP contribution is 2.29. The van der Waals surface area contributed by atoms with E-state index in [1.165, 1.54) is 4.31 Å². The van der Waals surface area contributed by atoms with Crippen molar-refractivity contribution in [1.82, 2.24) is 4.31 Å². The Balaban J connectivity index is 1.75. The van der Waals surface area contributed by atoms with Crippen molar-refractivity contribution in [2.24, 2.45) is 5.92 Å². The number of ether oxygens (including phenoxy) is 1. The number of anilines is 1. The van der Waals surface area contributed by atoms with Crippen LogP contribution in [0.15, 0.2) is 45.8 Å². The van der Waals surface area contributed by atoms with Crippen LogP contribution in [0.25, 0.3) is 0 Å². The molecule has 1 aliphatic rings. The lowest BCUT2D eigenvalue weighted by molar-refractivity contribution is -0.120. The molecule has 168 valence electrons. The van der Waals surface area contributed by atoms with Gasteiger partial charge in [0.25, 0.3) is 0 Å². The predicted octanol–water partition coefficient (Wildman–Crippen LogP) is 4.76. The lowest BCUT2D eigenvalue weighted by Crippen LogP contribution is -2.43. The highest BCUT2D eigenvalue weighted by atomic mass is 79.9. The van der Waals surface area contributed by atoms with E-state index in [1.54, 1.807) is 24.3 Å². The zero-order valence-electron chi connectivity index (χ0n) is 18.2. The number of halogens is 1. The van der Waals surface area contributed by atoms with E-state index in [1.807, 2.05) is 32.9 Å². The van der Waals surface area contributed by atoms with Crippen molar-refractivity contribution in [2.75, 3.05) is 25.0 Å². The van der Waals surface area contributed by atoms with Crippen LogP contribution in [0.1, 0.15) is 37.8 Å². The van der Waals surface area contributed by atoms with Crippen LogP contribution in [-0.4, -0.2) is 38.3 Å². The molecule has 1 heterocycles. The van der Waals surface area contributed by atoms with Crippen molar-refractivity contribution < 1.29 is 17.9 Å². The molecular weight excluding hydrogens is 480 g/mol. The first-order chi connectivity index (χ1) is 14.8. The Morgan fingerprint density at radius 3 is 2.58 bits per heavy atom. The number of sulfonamides is 1. The van der Waals surface area contributed by atoms with E-state index in [0.29, 0.717) is 31.7 Å². The van der Waals surface area contributed by atoms with Gasteiger partial charge in [0.15, 0.2) is 0 Å². The number of rotatable bonds is 7. The van der Waals surface area contributed by atoms with Crippen molar-refractivity contribution in [1.29, 1.82) is 0 Å². The van der Waals surface area contributed by atoms with Gasteiger partial charge in [-0.3, -0.25) is 4.79 Å². The van der Waals surface area contributed by atoms with Crippen LogP contribution >= 0.6 is 15.9 Å². The number of benzene rings is 2. The number of nitrogens with zero attached hydrogens (tertiary/aromatic N) is 1. The molecule has 1 N–H and O–H groups in total. The number of carbonyl (C=O) groups excluding carboxylic acids is 1. The highest BCUT2D eigenvalue weighted by Gasteiger charge is 2.33. The van der Waals surface area contributed by atoms with E-state index >= 15 is 0 Å². The molecule has 0 aromatic heterocycles. The minimum atomic E-state index is -3.67. The van der Waals surface area contributed by atoms with Gasteiger partial charge in [0, 0.05) is 23.2 Å². The van der Waals surface area contributed by atoms with Gasteiger partial charge in [0.2, 0.25) is 15.9 Å². The van der Waals surface area contributed by atoms with Crippen LogP contribution < -0.4 is 10.1 Å². The quantitative estimate of drug-likeness (QED) is 0.584. The molecule has 2 aromatic carbocycles. The maximum atomic E-state index is 13.1. The van der Waals surface area contributed by atoms with E-state index in [4.69, 9.17) is 4.74 Å². The van der Waals surface area contributed by atoms with Gasteiger partial charge in [-0.2, -0.15) is 4.31 Å². The van der Waals surface area contributed by atoms with E-state index in [0.717, 1.165) is 27.7 Å². The summed E-state index contributed by atoms with van der Waals surface area (Å²) in [6.07, 6.45) is 2.10. The summed E-state index contributed by atoms with van der Waals surface area (Å²) in [6, 6.07) is 10.4. The Morgan fingerprint density at radius 1 is 1.23 bits per heavy atom. The van der Waals surface area contributed by atoms with E-state index < -0.39 is 10.0 Å². The first-order valence-electron chi connectivity index (χ1n) is 10.6. The fraction of sp³-hybridized carbons (Fsp3) is 0.435. The minimum absolute atomic E-state index is 0.133. The standard InChI is InChI=1S/C23H29BrN2O4S/c1-4-17-14-19(24)13-16(3)22(17)25-23(27)18-7-6-12-26(15-18)31(28,29)21-10-8-20(9-11-21)30-5-2/h8-11,13-14,18H,4-7,12,15H2,1-3H3,(H,25,27). The van der Waals surface area contributed by atoms with Crippen LogP contribution in [-0.2, 0) is 21.2 Å². The molecule has 1 unspecified atom stereocenters. The molecule has 3 rings (SSSR count). The molecular formula is C23H29BrN2O4S. The predicted molar refractivity (Wildman–Crippen MR) is 126 cm³/mol. The summed E-state index contributed by atoms with van der Waals surface area (Å²) < 4.78 is 34.0. The Morgan fingerprint density at radius 2 is 1.94 bits per heavy atom. The molecule has 0 aliphatic carbocycles. The molecule has 1 saturated heterocycles. The molecule has 6 nitrogen and oxygen atoms in total. The summed E-state index contributed by atoms with van der Waals surface area (Å²) in [4.78, 5) is 13.3. The number of nitrogens with one attached hydrogen (secondary N) is 1. The van der Waals surface area contributed by atoms with Crippen LogP contribution in [0, 0.1) is 12.8 Å². The van der Waals surface area contributed by atoms with Gasteiger partial charge in [0.1, 0.15) is 5.75 Å². The van der Waals surface area contributed by atoms with Crippen molar-refractivity contribution in [3.05, 3.63) is 52.0 Å². The van der Waals surface area contributed by atoms with Gasteiger partial charge in [0.05, 0.1) is 17.4 Å². The molecule has 0 spiro atoms. The van der Waals surface area contributed by atoms with E-state index in [2.05, 4.69) is 21.2 Å². The minimum Gasteiger partial charge on any atom is -0.494 e. The molecule has 0 bridgehead atoms. The Labute approximate surface area is 193 Å². The van der Waals surface area contributed by atoms with Crippen LogP contribution in [0.3, 0.4) is 0 Å². The third kappa shape index (κ3) is 5.48. The summed E-state index contributed by atoms with van der Waals surface area (Å²) in [5.41, 5.74) is 2.85. The average Bonchev–Trinajstić information content (AvgIpc) is 2.76. The van der Waals surface area contributed by atoms with Crippen molar-refractivity contribution >= 4 is 37.5 Å². The van der Waals surface area contributed by atoms with Crippen LogP contribution in [0.5, 0.6) is 5.75 Å². The van der Waals surface area contributed by atoms with Gasteiger partial charge >= 0.3 is 0 Å². The summed E-state index contributed by atoms with van der Waals surface area (Å²) in [5, 5.41) is 3.06. The first kappa shape index (κ1) is 23.8. The van der Waals surface area contributed by atoms with E-state index in [9.17, 15) is 13.2 Å². The monoisotopic (exact) mass is 508 g/mol. The first-order valence-corrected chi connectivity index (χ1v) is 12.8. The number of amides is 1. The lowest BCUT2D eigenvalue weighted by atomic mass is 9.98. The van der Waals surface area contributed by atoms with Crippen molar-refractivity contribution in [2.45, 2.75) is 44.9 Å². The molecule has 8 heteroatoms. The Bertz CT molecular complexity index is 1040. The molecule has 1 amide bonds. The molecule has 0 saturated carbocycles. The lowest BCUT2D eigenvalue weighted by Gasteiger charge is -2.31. The van der Waals surface area contributed by atoms with Crippen LogP contribution in [0.2, 0.25) is 0 Å². The third-order valence-corrected chi connectivity index (χ3v) is 7.88. The zero-order valence-corrected chi connectivity index (χ0v) is 20.6. The van der Waals surface area contributed by atoms with Crippen molar-refractivity contribution in [3.63, 3.8) is 0 Å². The van der Waals surface area contributed by atoms with Crippen molar-refractivity contribution in [3.8, 4) is 5.75 Å². The van der Waals surface area contributed by atoms with Gasteiger partial charge in [-0.05, 0) is 80.6 Å². The number of piperidine rings is 1. The molecule has 1 aliphatic heterocycles. The molecule has 1 fully saturated rings. The number of hydrogen-bond acceptors (Lipinski definition) is 4. The number of carbonyl (C=O) groups is 1. The number of hydrogen-bond donors (Lipinski definition) is 1. The molecule has 1 atom stereocenters. The number of aryl methyl sites for hydroxylation is 2. The molecule has 31 heavy (non-hydrogen) atoms. The van der Waals surface area contributed by atoms with Gasteiger partial charge < -0.3 is 10.1 Å². The van der Waals surface area contributed by atoms with Gasteiger partial charge in [-0.25, -0.2) is 8.42 Å². The maximum absolute atomic E-state index is 13.1. The summed E-state index contributed by atoms with van der Waals surface area (Å²) >= 11 is 3.50. The second-order valence-electron chi connectivity index (χ2n) is 7.71. The smallest absolute Gasteiger partial charge is 0.243 e.